The Morgan fingerprint density at radius 1 is 0.828 bits per heavy atom. The molecule has 0 aliphatic heterocycles. The predicted octanol–water partition coefficient (Wildman–Crippen LogP) is 6.47. The number of benzene rings is 3. The zero-order valence-electron chi connectivity index (χ0n) is 15.5. The van der Waals surface area contributed by atoms with Crippen molar-refractivity contribution in [2.24, 2.45) is 0 Å². The van der Waals surface area contributed by atoms with Crippen LogP contribution in [0.5, 0.6) is 0 Å². The number of ketones is 1. The van der Waals surface area contributed by atoms with E-state index in [2.05, 4.69) is 0 Å². The Morgan fingerprint density at radius 2 is 1.41 bits per heavy atom. The minimum atomic E-state index is -4.43. The number of hydrogen-bond donors (Lipinski definition) is 0. The molecule has 0 amide bonds. The molecular weight excluding hydrogens is 377 g/mol. The van der Waals surface area contributed by atoms with Crippen molar-refractivity contribution in [1.82, 2.24) is 0 Å². The van der Waals surface area contributed by atoms with Crippen molar-refractivity contribution < 1.29 is 22.8 Å². The van der Waals surface area contributed by atoms with E-state index in [1.165, 1.54) is 12.1 Å². The van der Waals surface area contributed by atoms with E-state index in [4.69, 9.17) is 0 Å². The molecule has 0 saturated heterocycles. The van der Waals surface area contributed by atoms with Gasteiger partial charge in [-0.25, -0.2) is 0 Å². The van der Waals surface area contributed by atoms with Gasteiger partial charge >= 0.3 is 6.18 Å². The van der Waals surface area contributed by atoms with E-state index >= 15 is 0 Å². The number of aldehydes is 1. The monoisotopic (exact) mass is 394 g/mol. The van der Waals surface area contributed by atoms with E-state index < -0.39 is 11.7 Å². The summed E-state index contributed by atoms with van der Waals surface area (Å²) in [5, 5.41) is 0. The quantitative estimate of drug-likeness (QED) is 0.282. The van der Waals surface area contributed by atoms with Crippen LogP contribution in [0.15, 0.2) is 78.9 Å². The molecule has 0 saturated carbocycles. The minimum Gasteiger partial charge on any atom is -0.298 e. The lowest BCUT2D eigenvalue weighted by molar-refractivity contribution is -0.137. The first kappa shape index (κ1) is 20.3. The number of alkyl halides is 3. The molecule has 0 aliphatic carbocycles. The second-order valence-electron chi connectivity index (χ2n) is 6.59. The average molecular weight is 394 g/mol. The molecule has 29 heavy (non-hydrogen) atoms. The van der Waals surface area contributed by atoms with E-state index in [0.717, 1.165) is 29.5 Å². The van der Waals surface area contributed by atoms with E-state index in [-0.39, 0.29) is 5.78 Å². The first-order valence-corrected chi connectivity index (χ1v) is 8.84. The maximum atomic E-state index is 12.9. The van der Waals surface area contributed by atoms with Crippen molar-refractivity contribution in [3.8, 4) is 11.1 Å². The van der Waals surface area contributed by atoms with Gasteiger partial charge in [0.25, 0.3) is 0 Å². The molecule has 3 aromatic carbocycles. The lowest BCUT2D eigenvalue weighted by Gasteiger charge is -2.09. The molecule has 0 fully saturated rings. The average Bonchev–Trinajstić information content (AvgIpc) is 2.73. The van der Waals surface area contributed by atoms with Crippen molar-refractivity contribution in [2.75, 3.05) is 0 Å². The van der Waals surface area contributed by atoms with Gasteiger partial charge in [-0.3, -0.25) is 9.59 Å². The standard InChI is InChI=1S/C24H17F3O2/c1-16(21-3-2-4-22(14-21)24(25,26)27)13-23(29)20-11-9-19(10-12-20)18-7-5-17(15-28)6-8-18/h2-15H,1H3. The summed E-state index contributed by atoms with van der Waals surface area (Å²) in [5.74, 6) is -0.289. The number of hydrogen-bond acceptors (Lipinski definition) is 2. The van der Waals surface area contributed by atoms with E-state index in [9.17, 15) is 22.8 Å². The van der Waals surface area contributed by atoms with Crippen molar-refractivity contribution in [3.05, 3.63) is 101 Å². The summed E-state index contributed by atoms with van der Waals surface area (Å²) in [6, 6.07) is 18.9. The number of allylic oxidation sites excluding steroid dienone is 2. The van der Waals surface area contributed by atoms with Crippen LogP contribution in [-0.4, -0.2) is 12.1 Å². The molecule has 0 spiro atoms. The number of halogens is 3. The van der Waals surface area contributed by atoms with Crippen molar-refractivity contribution in [1.29, 1.82) is 0 Å². The number of carbonyl (C=O) groups is 2. The van der Waals surface area contributed by atoms with E-state index in [1.54, 1.807) is 49.4 Å². The van der Waals surface area contributed by atoms with E-state index in [1.807, 2.05) is 12.1 Å². The minimum absolute atomic E-state index is 0.289. The highest BCUT2D eigenvalue weighted by atomic mass is 19.4. The summed E-state index contributed by atoms with van der Waals surface area (Å²) in [6.07, 6.45) is -2.33. The van der Waals surface area contributed by atoms with Gasteiger partial charge < -0.3 is 0 Å². The molecule has 0 N–H and O–H groups in total. The Balaban J connectivity index is 1.80. The van der Waals surface area contributed by atoms with Crippen LogP contribution >= 0.6 is 0 Å². The first-order chi connectivity index (χ1) is 13.8. The Kier molecular flexibility index (Phi) is 5.78. The summed E-state index contributed by atoms with van der Waals surface area (Å²) < 4.78 is 38.6. The molecule has 3 rings (SSSR count). The topological polar surface area (TPSA) is 34.1 Å². The van der Waals surface area contributed by atoms with Crippen LogP contribution in [0.3, 0.4) is 0 Å². The molecule has 0 radical (unpaired) electrons. The van der Waals surface area contributed by atoms with Gasteiger partial charge in [0.05, 0.1) is 5.56 Å². The zero-order valence-corrected chi connectivity index (χ0v) is 15.5. The van der Waals surface area contributed by atoms with Crippen LogP contribution in [0.4, 0.5) is 13.2 Å². The molecular formula is C24H17F3O2. The van der Waals surface area contributed by atoms with Gasteiger partial charge in [0.2, 0.25) is 0 Å². The highest BCUT2D eigenvalue weighted by molar-refractivity contribution is 6.08. The fourth-order valence-electron chi connectivity index (χ4n) is 2.89. The van der Waals surface area contributed by atoms with Crippen molar-refractivity contribution >= 4 is 17.6 Å². The molecule has 0 heterocycles. The summed E-state index contributed by atoms with van der Waals surface area (Å²) >= 11 is 0. The fraction of sp³-hybridized carbons (Fsp3) is 0.0833. The summed E-state index contributed by atoms with van der Waals surface area (Å²) in [4.78, 5) is 23.2. The molecule has 2 nitrogen and oxygen atoms in total. The van der Waals surface area contributed by atoms with Crippen molar-refractivity contribution in [2.45, 2.75) is 13.1 Å². The third-order valence-corrected chi connectivity index (χ3v) is 4.54. The third kappa shape index (κ3) is 4.88. The lowest BCUT2D eigenvalue weighted by Crippen LogP contribution is -2.05. The van der Waals surface area contributed by atoms with Crippen LogP contribution in [0.1, 0.15) is 38.8 Å². The van der Waals surface area contributed by atoms with Crippen LogP contribution in [0.25, 0.3) is 16.7 Å². The fourth-order valence-corrected chi connectivity index (χ4v) is 2.89. The maximum absolute atomic E-state index is 12.9. The summed E-state index contributed by atoms with van der Waals surface area (Å²) in [6.45, 7) is 1.61. The Morgan fingerprint density at radius 3 is 1.97 bits per heavy atom. The van der Waals surface area contributed by atoms with Gasteiger partial charge in [0.1, 0.15) is 6.29 Å². The highest BCUT2D eigenvalue weighted by Crippen LogP contribution is 2.31. The van der Waals surface area contributed by atoms with Gasteiger partial charge in [0.15, 0.2) is 5.78 Å². The third-order valence-electron chi connectivity index (χ3n) is 4.54. The lowest BCUT2D eigenvalue weighted by atomic mass is 9.99. The molecule has 0 atom stereocenters. The zero-order chi connectivity index (χ0) is 21.0. The Labute approximate surface area is 166 Å². The second kappa shape index (κ2) is 8.27. The molecule has 5 heteroatoms. The summed E-state index contributed by atoms with van der Waals surface area (Å²) in [5.41, 5.74) is 2.86. The molecule has 146 valence electrons. The van der Waals surface area contributed by atoms with Crippen LogP contribution in [0, 0.1) is 0 Å². The highest BCUT2D eigenvalue weighted by Gasteiger charge is 2.30. The molecule has 3 aromatic rings. The Bertz CT molecular complexity index is 1060. The van der Waals surface area contributed by atoms with Crippen LogP contribution in [-0.2, 0) is 6.18 Å². The number of rotatable bonds is 5. The molecule has 0 aliphatic rings. The molecule has 0 unspecified atom stereocenters. The van der Waals surface area contributed by atoms with Crippen LogP contribution in [0.2, 0.25) is 0 Å². The SMILES string of the molecule is CC(=CC(=O)c1ccc(-c2ccc(C=O)cc2)cc1)c1cccc(C(F)(F)F)c1. The van der Waals surface area contributed by atoms with Gasteiger partial charge in [-0.15, -0.1) is 0 Å². The van der Waals surface area contributed by atoms with Crippen LogP contribution < -0.4 is 0 Å². The Hall–Kier alpha value is -3.47. The maximum Gasteiger partial charge on any atom is 0.416 e. The van der Waals surface area contributed by atoms with E-state index in [0.29, 0.717) is 22.3 Å². The smallest absolute Gasteiger partial charge is 0.298 e. The normalized spacial score (nSPS) is 11.9. The summed E-state index contributed by atoms with van der Waals surface area (Å²) in [7, 11) is 0. The second-order valence-corrected chi connectivity index (χ2v) is 6.59. The molecule has 0 bridgehead atoms. The first-order valence-electron chi connectivity index (χ1n) is 8.84. The predicted molar refractivity (Wildman–Crippen MR) is 107 cm³/mol. The van der Waals surface area contributed by atoms with Gasteiger partial charge in [0, 0.05) is 11.1 Å². The largest absolute Gasteiger partial charge is 0.416 e. The van der Waals surface area contributed by atoms with Gasteiger partial charge in [-0.1, -0.05) is 60.7 Å². The van der Waals surface area contributed by atoms with Gasteiger partial charge in [-0.2, -0.15) is 13.2 Å². The van der Waals surface area contributed by atoms with Crippen molar-refractivity contribution in [3.63, 3.8) is 0 Å². The number of carbonyl (C=O) groups excluding carboxylic acids is 2. The van der Waals surface area contributed by atoms with Gasteiger partial charge in [-0.05, 0) is 47.4 Å². The molecule has 0 aromatic heterocycles.